The van der Waals surface area contributed by atoms with Crippen LogP contribution in [-0.4, -0.2) is 41.4 Å². The lowest BCUT2D eigenvalue weighted by Gasteiger charge is -2.38. The first kappa shape index (κ1) is 28.4. The fourth-order valence-electron chi connectivity index (χ4n) is 5.22. The van der Waals surface area contributed by atoms with Gasteiger partial charge in [-0.3, -0.25) is 4.79 Å². The number of nitrogens with zero attached hydrogens (tertiary/aromatic N) is 2. The summed E-state index contributed by atoms with van der Waals surface area (Å²) in [5, 5.41) is 0.702. The number of likely N-dealkylation sites (tertiary alicyclic amines) is 1. The lowest BCUT2D eigenvalue weighted by Crippen LogP contribution is -2.47. The zero-order chi connectivity index (χ0) is 26.9. The molecular weight excluding hydrogens is 492 g/mol. The number of piperidine rings is 1. The van der Waals surface area contributed by atoms with Crippen molar-refractivity contribution in [2.45, 2.75) is 78.3 Å². The third-order valence-electron chi connectivity index (χ3n) is 7.67. The van der Waals surface area contributed by atoms with Crippen molar-refractivity contribution >= 4 is 17.5 Å². The van der Waals surface area contributed by atoms with Gasteiger partial charge in [0.2, 0.25) is 0 Å². The van der Waals surface area contributed by atoms with Gasteiger partial charge in [0.15, 0.2) is 0 Å². The first-order valence-corrected chi connectivity index (χ1v) is 14.8. The monoisotopic (exact) mass is 534 g/mol. The first-order valence-electron chi connectivity index (χ1n) is 14.4. The van der Waals surface area contributed by atoms with E-state index in [0.717, 1.165) is 61.5 Å². The highest BCUT2D eigenvalue weighted by Crippen LogP contribution is 2.27. The van der Waals surface area contributed by atoms with Crippen molar-refractivity contribution < 1.29 is 9.21 Å². The van der Waals surface area contributed by atoms with Crippen molar-refractivity contribution in [1.29, 1.82) is 0 Å². The predicted octanol–water partition coefficient (Wildman–Crippen LogP) is 8.49. The van der Waals surface area contributed by atoms with Gasteiger partial charge in [-0.1, -0.05) is 57.3 Å². The molecule has 5 heteroatoms. The molecule has 1 saturated heterocycles. The molecule has 0 saturated carbocycles. The van der Waals surface area contributed by atoms with E-state index in [4.69, 9.17) is 16.0 Å². The molecule has 0 spiro atoms. The van der Waals surface area contributed by atoms with Crippen molar-refractivity contribution in [2.24, 2.45) is 5.92 Å². The average Bonchev–Trinajstić information content (AvgIpc) is 3.40. The van der Waals surface area contributed by atoms with Crippen LogP contribution in [0.2, 0.25) is 5.02 Å². The second kappa shape index (κ2) is 14.0. The Morgan fingerprint density at radius 3 is 2.37 bits per heavy atom. The number of benzene rings is 2. The predicted molar refractivity (Wildman–Crippen MR) is 158 cm³/mol. The summed E-state index contributed by atoms with van der Waals surface area (Å²) in [6.07, 6.45) is 7.92. The Morgan fingerprint density at radius 2 is 1.71 bits per heavy atom. The third kappa shape index (κ3) is 7.97. The number of amides is 1. The summed E-state index contributed by atoms with van der Waals surface area (Å²) in [6, 6.07) is 20.1. The number of halogens is 1. The molecule has 4 nitrogen and oxygen atoms in total. The van der Waals surface area contributed by atoms with Gasteiger partial charge in [-0.15, -0.1) is 0 Å². The molecule has 0 unspecified atom stereocenters. The number of unbranched alkanes of at least 4 members (excludes halogenated alkanes) is 2. The van der Waals surface area contributed by atoms with Crippen LogP contribution in [0.15, 0.2) is 65.1 Å². The second-order valence-electron chi connectivity index (χ2n) is 11.1. The minimum Gasteiger partial charge on any atom is -0.459 e. The zero-order valence-corrected chi connectivity index (χ0v) is 24.1. The van der Waals surface area contributed by atoms with E-state index in [9.17, 15) is 4.79 Å². The topological polar surface area (TPSA) is 36.7 Å². The summed E-state index contributed by atoms with van der Waals surface area (Å²) < 4.78 is 6.23. The van der Waals surface area contributed by atoms with E-state index in [1.54, 1.807) is 0 Å². The summed E-state index contributed by atoms with van der Waals surface area (Å²) in [7, 11) is 0. The van der Waals surface area contributed by atoms with Gasteiger partial charge in [-0.25, -0.2) is 0 Å². The molecule has 0 radical (unpaired) electrons. The highest BCUT2D eigenvalue weighted by Gasteiger charge is 2.29. The average molecular weight is 535 g/mol. The van der Waals surface area contributed by atoms with Gasteiger partial charge in [0.1, 0.15) is 11.5 Å². The van der Waals surface area contributed by atoms with Crippen molar-refractivity contribution in [1.82, 2.24) is 9.80 Å². The van der Waals surface area contributed by atoms with Crippen LogP contribution in [-0.2, 0) is 13.0 Å². The molecule has 1 aromatic heterocycles. The molecule has 2 heterocycles. The molecule has 1 aliphatic rings. The maximum absolute atomic E-state index is 13.9. The molecule has 3 aromatic rings. The van der Waals surface area contributed by atoms with E-state index in [2.05, 4.69) is 42.7 Å². The number of furan rings is 1. The quantitative estimate of drug-likeness (QED) is 0.218. The number of hydrogen-bond acceptors (Lipinski definition) is 3. The molecule has 0 atom stereocenters. The highest BCUT2D eigenvalue weighted by atomic mass is 35.5. The normalized spacial score (nSPS) is 14.8. The molecule has 4 rings (SSSR count). The molecular formula is C33H43ClN2O2. The van der Waals surface area contributed by atoms with E-state index < -0.39 is 0 Å². The van der Waals surface area contributed by atoms with Gasteiger partial charge in [-0.2, -0.15) is 0 Å². The molecule has 0 N–H and O–H groups in total. The molecule has 1 fully saturated rings. The van der Waals surface area contributed by atoms with Gasteiger partial charge < -0.3 is 14.2 Å². The molecule has 0 bridgehead atoms. The highest BCUT2D eigenvalue weighted by molar-refractivity contribution is 6.30. The van der Waals surface area contributed by atoms with Crippen LogP contribution in [0.3, 0.4) is 0 Å². The lowest BCUT2D eigenvalue weighted by atomic mass is 10.00. The van der Waals surface area contributed by atoms with Crippen LogP contribution in [0.1, 0.15) is 81.0 Å². The summed E-state index contributed by atoms with van der Waals surface area (Å²) in [6.45, 7) is 10.5. The third-order valence-corrected chi connectivity index (χ3v) is 7.92. The second-order valence-corrected chi connectivity index (χ2v) is 11.6. The van der Waals surface area contributed by atoms with Crippen LogP contribution in [0.4, 0.5) is 0 Å². The number of hydrogen-bond donors (Lipinski definition) is 0. The number of carbonyl (C=O) groups is 1. The van der Waals surface area contributed by atoms with E-state index in [1.165, 1.54) is 31.2 Å². The largest absolute Gasteiger partial charge is 0.459 e. The van der Waals surface area contributed by atoms with E-state index >= 15 is 0 Å². The van der Waals surface area contributed by atoms with Crippen molar-refractivity contribution in [3.05, 3.63) is 82.6 Å². The van der Waals surface area contributed by atoms with Crippen LogP contribution < -0.4 is 0 Å². The Hall–Kier alpha value is -2.56. The maximum Gasteiger partial charge on any atom is 0.254 e. The van der Waals surface area contributed by atoms with E-state index in [1.807, 2.05) is 48.5 Å². The van der Waals surface area contributed by atoms with Crippen LogP contribution in [0, 0.1) is 5.92 Å². The Morgan fingerprint density at radius 1 is 1.00 bits per heavy atom. The number of rotatable bonds is 12. The fourth-order valence-corrected chi connectivity index (χ4v) is 5.35. The maximum atomic E-state index is 13.9. The van der Waals surface area contributed by atoms with Gasteiger partial charge in [0.05, 0.1) is 6.54 Å². The van der Waals surface area contributed by atoms with Crippen LogP contribution in [0.5, 0.6) is 0 Å². The van der Waals surface area contributed by atoms with Gasteiger partial charge in [0, 0.05) is 35.3 Å². The Labute approximate surface area is 234 Å². The minimum atomic E-state index is 0.0928. The van der Waals surface area contributed by atoms with Crippen molar-refractivity contribution in [3.8, 4) is 11.3 Å². The molecule has 204 valence electrons. The van der Waals surface area contributed by atoms with E-state index in [0.29, 0.717) is 17.5 Å². The molecule has 1 aliphatic heterocycles. The Kier molecular flexibility index (Phi) is 10.5. The summed E-state index contributed by atoms with van der Waals surface area (Å²) >= 11 is 6.06. The number of aryl methyl sites for hydroxylation is 1. The number of carbonyl (C=O) groups excluding carboxylic acids is 1. The lowest BCUT2D eigenvalue weighted by molar-refractivity contribution is 0.0527. The standard InChI is InChI=1S/C33H43ClN2O2/c1-4-5-6-7-26-8-10-28(11-9-26)33(37)36(30-19-22-35(23-20-30)21-18-25(2)3)24-31-16-17-32(38-31)27-12-14-29(34)15-13-27/h8-17,25,30H,4-7,18-24H2,1-3H3. The molecule has 0 aliphatic carbocycles. The molecule has 38 heavy (non-hydrogen) atoms. The minimum absolute atomic E-state index is 0.0928. The van der Waals surface area contributed by atoms with E-state index in [-0.39, 0.29) is 11.9 Å². The van der Waals surface area contributed by atoms with Crippen molar-refractivity contribution in [2.75, 3.05) is 19.6 Å². The Bertz CT molecular complexity index is 1130. The smallest absolute Gasteiger partial charge is 0.254 e. The SMILES string of the molecule is CCCCCc1ccc(C(=O)N(Cc2ccc(-c3ccc(Cl)cc3)o2)C2CCN(CCC(C)C)CC2)cc1. The molecule has 1 amide bonds. The fraction of sp³-hybridized carbons (Fsp3) is 0.485. The first-order chi connectivity index (χ1) is 18.4. The summed E-state index contributed by atoms with van der Waals surface area (Å²) in [5.74, 6) is 2.41. The van der Waals surface area contributed by atoms with Gasteiger partial charge in [0.25, 0.3) is 5.91 Å². The molecule has 2 aromatic carbocycles. The Balaban J connectivity index is 1.49. The van der Waals surface area contributed by atoms with Crippen molar-refractivity contribution in [3.63, 3.8) is 0 Å². The van der Waals surface area contributed by atoms with Gasteiger partial charge >= 0.3 is 0 Å². The van der Waals surface area contributed by atoms with Crippen LogP contribution in [0.25, 0.3) is 11.3 Å². The zero-order valence-electron chi connectivity index (χ0n) is 23.3. The summed E-state index contributed by atoms with van der Waals surface area (Å²) in [5.41, 5.74) is 3.05. The summed E-state index contributed by atoms with van der Waals surface area (Å²) in [4.78, 5) is 18.5. The van der Waals surface area contributed by atoms with Gasteiger partial charge in [-0.05, 0) is 98.7 Å². The van der Waals surface area contributed by atoms with Crippen LogP contribution >= 0.6 is 11.6 Å².